The molecule has 0 amide bonds. The second kappa shape index (κ2) is 8.71. The molecule has 3 N–H and O–H groups in total. The van der Waals surface area contributed by atoms with Crippen molar-refractivity contribution in [3.05, 3.63) is 65.5 Å². The maximum atomic E-state index is 12.6. The van der Waals surface area contributed by atoms with Gasteiger partial charge in [-0.2, -0.15) is 0 Å². The third-order valence-corrected chi connectivity index (χ3v) is 7.25. The number of aromatic carboxylic acids is 1. The Hall–Kier alpha value is -3.24. The van der Waals surface area contributed by atoms with Gasteiger partial charge in [0.25, 0.3) is 0 Å². The number of carboxylic acid groups (broad SMARTS) is 1. The lowest BCUT2D eigenvalue weighted by Gasteiger charge is -2.22. The van der Waals surface area contributed by atoms with Crippen LogP contribution in [0.3, 0.4) is 0 Å². The number of nitrogens with two attached hydrogens (primary N) is 1. The highest BCUT2D eigenvalue weighted by Gasteiger charge is 2.30. The highest BCUT2D eigenvalue weighted by molar-refractivity contribution is 7.93. The third kappa shape index (κ3) is 4.81. The summed E-state index contributed by atoms with van der Waals surface area (Å²) in [7, 11) is -2.30. The van der Waals surface area contributed by atoms with Crippen LogP contribution in [0.5, 0.6) is 0 Å². The van der Waals surface area contributed by atoms with Crippen molar-refractivity contribution >= 4 is 21.7 Å². The van der Waals surface area contributed by atoms with E-state index in [9.17, 15) is 18.3 Å². The van der Waals surface area contributed by atoms with Gasteiger partial charge in [-0.15, -0.1) is 10.2 Å². The molecule has 1 aromatic heterocycles. The number of hydrogen-bond donors (Lipinski definition) is 2. The van der Waals surface area contributed by atoms with Crippen LogP contribution < -0.4 is 10.0 Å². The van der Waals surface area contributed by atoms with Gasteiger partial charge in [0.15, 0.2) is 0 Å². The molecule has 0 aliphatic rings. The van der Waals surface area contributed by atoms with Crippen molar-refractivity contribution in [2.75, 3.05) is 11.4 Å². The minimum Gasteiger partial charge on any atom is -0.478 e. The molecule has 10 heteroatoms. The fourth-order valence-corrected chi connectivity index (χ4v) is 4.20. The highest BCUT2D eigenvalue weighted by Crippen LogP contribution is 2.30. The number of hydrogen-bond acceptors (Lipinski definition) is 7. The highest BCUT2D eigenvalue weighted by atomic mass is 32.2. The number of carbonyl (C=O) groups is 1. The quantitative estimate of drug-likeness (QED) is 0.525. The van der Waals surface area contributed by atoms with Crippen molar-refractivity contribution in [3.63, 3.8) is 0 Å². The van der Waals surface area contributed by atoms with Crippen LogP contribution in [0.2, 0.25) is 0 Å². The zero-order valence-corrected chi connectivity index (χ0v) is 19.1. The number of aromatic nitrogens is 2. The van der Waals surface area contributed by atoms with Gasteiger partial charge in [-0.3, -0.25) is 4.31 Å². The third-order valence-electron chi connectivity index (χ3n) is 5.08. The topological polar surface area (TPSA) is 140 Å². The summed E-state index contributed by atoms with van der Waals surface area (Å²) < 4.78 is 32.0. The Kier molecular flexibility index (Phi) is 6.38. The van der Waals surface area contributed by atoms with Crippen LogP contribution in [-0.2, 0) is 22.0 Å². The molecule has 1 atom stereocenters. The first-order chi connectivity index (χ1) is 14.9. The van der Waals surface area contributed by atoms with Gasteiger partial charge in [-0.1, -0.05) is 30.3 Å². The van der Waals surface area contributed by atoms with Crippen LogP contribution in [0.15, 0.2) is 52.9 Å². The molecule has 0 bridgehead atoms. The second-order valence-electron chi connectivity index (χ2n) is 8.13. The van der Waals surface area contributed by atoms with Crippen LogP contribution in [-0.4, -0.2) is 42.0 Å². The van der Waals surface area contributed by atoms with Gasteiger partial charge in [-0.25, -0.2) is 13.2 Å². The van der Waals surface area contributed by atoms with Gasteiger partial charge in [0.1, 0.15) is 0 Å². The van der Waals surface area contributed by atoms with Crippen molar-refractivity contribution in [3.8, 4) is 11.5 Å². The smallest absolute Gasteiger partial charge is 0.335 e. The van der Waals surface area contributed by atoms with Gasteiger partial charge in [0.2, 0.25) is 21.8 Å². The molecule has 0 aliphatic heterocycles. The predicted octanol–water partition coefficient (Wildman–Crippen LogP) is 3.03. The van der Waals surface area contributed by atoms with Crippen LogP contribution in [0.25, 0.3) is 11.5 Å². The predicted molar refractivity (Wildman–Crippen MR) is 121 cm³/mol. The van der Waals surface area contributed by atoms with Crippen molar-refractivity contribution in [1.82, 2.24) is 10.2 Å². The average Bonchev–Trinajstić information content (AvgIpc) is 3.24. The first-order valence-electron chi connectivity index (χ1n) is 9.95. The second-order valence-corrected chi connectivity index (χ2v) is 10.6. The van der Waals surface area contributed by atoms with Crippen molar-refractivity contribution in [2.24, 2.45) is 5.73 Å². The maximum Gasteiger partial charge on any atom is 0.335 e. The Morgan fingerprint density at radius 1 is 1.19 bits per heavy atom. The number of anilines is 1. The van der Waals surface area contributed by atoms with E-state index in [1.807, 2.05) is 30.3 Å². The maximum absolute atomic E-state index is 12.6. The van der Waals surface area contributed by atoms with Crippen LogP contribution in [0.1, 0.15) is 42.6 Å². The van der Waals surface area contributed by atoms with E-state index in [2.05, 4.69) is 10.2 Å². The monoisotopic (exact) mass is 458 g/mol. The number of sulfonamides is 1. The first kappa shape index (κ1) is 23.4. The molecule has 170 valence electrons. The summed E-state index contributed by atoms with van der Waals surface area (Å²) in [5.41, 5.74) is 6.81. The molecule has 3 rings (SSSR count). The Bertz CT molecular complexity index is 1220. The van der Waals surface area contributed by atoms with Crippen molar-refractivity contribution in [1.29, 1.82) is 0 Å². The number of benzene rings is 2. The molecule has 0 saturated carbocycles. The lowest BCUT2D eigenvalue weighted by molar-refractivity contribution is 0.0697. The Morgan fingerprint density at radius 2 is 1.84 bits per heavy atom. The van der Waals surface area contributed by atoms with E-state index in [-0.39, 0.29) is 28.6 Å². The molecule has 0 unspecified atom stereocenters. The van der Waals surface area contributed by atoms with Crippen LogP contribution >= 0.6 is 0 Å². The summed E-state index contributed by atoms with van der Waals surface area (Å²) in [6.45, 7) is 4.86. The minimum atomic E-state index is -3.67. The van der Waals surface area contributed by atoms with Crippen LogP contribution in [0.4, 0.5) is 5.69 Å². The van der Waals surface area contributed by atoms with E-state index >= 15 is 0 Å². The average molecular weight is 459 g/mol. The van der Waals surface area contributed by atoms with Crippen molar-refractivity contribution in [2.45, 2.75) is 38.0 Å². The first-order valence-corrected chi connectivity index (χ1v) is 11.5. The van der Waals surface area contributed by atoms with E-state index < -0.39 is 26.8 Å². The molecular formula is C22H26N4O5S. The lowest BCUT2D eigenvalue weighted by Crippen LogP contribution is -2.35. The van der Waals surface area contributed by atoms with Gasteiger partial charge in [0, 0.05) is 12.6 Å². The molecule has 0 saturated heterocycles. The van der Waals surface area contributed by atoms with E-state index in [4.69, 9.17) is 10.2 Å². The van der Waals surface area contributed by atoms with Gasteiger partial charge in [0.05, 0.1) is 22.0 Å². The summed E-state index contributed by atoms with van der Waals surface area (Å²) in [6.07, 6.45) is 0.450. The molecular weight excluding hydrogens is 432 g/mol. The lowest BCUT2D eigenvalue weighted by atomic mass is 9.94. The molecule has 0 radical (unpaired) electrons. The van der Waals surface area contributed by atoms with Gasteiger partial charge < -0.3 is 15.3 Å². The Morgan fingerprint density at radius 3 is 2.44 bits per heavy atom. The largest absolute Gasteiger partial charge is 0.478 e. The summed E-state index contributed by atoms with van der Waals surface area (Å²) in [5, 5.41) is 16.9. The fourth-order valence-electron chi connectivity index (χ4n) is 3.17. The summed E-state index contributed by atoms with van der Waals surface area (Å²) in [5.74, 6) is -0.984. The molecule has 0 aliphatic carbocycles. The molecule has 0 spiro atoms. The number of rotatable bonds is 8. The zero-order valence-electron chi connectivity index (χ0n) is 18.3. The van der Waals surface area contributed by atoms with Gasteiger partial charge in [-0.05, 0) is 51.0 Å². The molecule has 0 fully saturated rings. The number of carboxylic acids is 1. The minimum absolute atomic E-state index is 0.0458. The van der Waals surface area contributed by atoms with E-state index in [0.29, 0.717) is 6.42 Å². The van der Waals surface area contributed by atoms with Gasteiger partial charge >= 0.3 is 5.97 Å². The molecule has 2 aromatic carbocycles. The fraction of sp³-hybridized carbons (Fsp3) is 0.318. The zero-order chi connectivity index (χ0) is 23.7. The number of nitrogens with zero attached hydrogens (tertiary/aromatic N) is 3. The summed E-state index contributed by atoms with van der Waals surface area (Å²) in [6, 6.07) is 13.7. The SMILES string of the molecule is CC(C)S(=O)(=O)N(C)c1cc(C(=O)O)cc(-c2nnc([C@](C)(N)Cc3ccccc3)o2)c1. The summed E-state index contributed by atoms with van der Waals surface area (Å²) >= 11 is 0. The Labute approximate surface area is 186 Å². The normalized spacial score (nSPS) is 13.7. The molecule has 32 heavy (non-hydrogen) atoms. The van der Waals surface area contributed by atoms with E-state index in [1.54, 1.807) is 20.8 Å². The molecule has 3 aromatic rings. The Balaban J connectivity index is 2.00. The van der Waals surface area contributed by atoms with E-state index in [1.165, 1.54) is 25.2 Å². The van der Waals surface area contributed by atoms with Crippen LogP contribution in [0, 0.1) is 0 Å². The summed E-state index contributed by atoms with van der Waals surface area (Å²) in [4.78, 5) is 11.7. The standard InChI is InChI=1S/C22H26N4O5S/c1-14(2)32(29,30)26(4)18-11-16(10-17(12-18)20(27)28)19-24-25-21(31-19)22(3,23)13-15-8-6-5-7-9-15/h5-12,14H,13,23H2,1-4H3,(H,27,28)/t22-/m1/s1. The molecule has 1 heterocycles. The molecule has 9 nitrogen and oxygen atoms in total. The van der Waals surface area contributed by atoms with Crippen molar-refractivity contribution < 1.29 is 22.7 Å². The van der Waals surface area contributed by atoms with E-state index in [0.717, 1.165) is 9.87 Å².